The second-order valence-corrected chi connectivity index (χ2v) is 5.45. The fraction of sp³-hybridized carbons (Fsp3) is 0.636. The van der Waals surface area contributed by atoms with Gasteiger partial charge < -0.3 is 15.2 Å². The molecule has 17 heavy (non-hydrogen) atoms. The van der Waals surface area contributed by atoms with Crippen molar-refractivity contribution < 1.29 is 9.47 Å². The molecule has 2 heterocycles. The van der Waals surface area contributed by atoms with Crippen molar-refractivity contribution in [2.45, 2.75) is 24.9 Å². The number of anilines is 1. The molecule has 0 aromatic carbocycles. The lowest BCUT2D eigenvalue weighted by Gasteiger charge is -2.22. The van der Waals surface area contributed by atoms with E-state index in [1.807, 2.05) is 0 Å². The monoisotopic (exact) mass is 347 g/mol. The van der Waals surface area contributed by atoms with Gasteiger partial charge in [0.15, 0.2) is 5.82 Å². The average Bonchev–Trinajstić information content (AvgIpc) is 3.18. The first-order valence-corrected chi connectivity index (χ1v) is 6.85. The number of hydrogen-bond acceptors (Lipinski definition) is 5. The van der Waals surface area contributed by atoms with Gasteiger partial charge in [-0.1, -0.05) is 0 Å². The molecule has 1 aromatic heterocycles. The quantitative estimate of drug-likeness (QED) is 0.824. The fourth-order valence-electron chi connectivity index (χ4n) is 1.91. The number of halogens is 1. The Hall–Kier alpha value is -0.470. The molecule has 1 saturated heterocycles. The number of nitrogen functional groups attached to an aromatic ring is 1. The van der Waals surface area contributed by atoms with Gasteiger partial charge in [0.2, 0.25) is 0 Å². The van der Waals surface area contributed by atoms with Crippen molar-refractivity contribution in [3.05, 3.63) is 15.1 Å². The van der Waals surface area contributed by atoms with Gasteiger partial charge in [-0.3, -0.25) is 0 Å². The highest BCUT2D eigenvalue weighted by Crippen LogP contribution is 2.42. The molecule has 0 amide bonds. The number of aromatic nitrogens is 2. The smallest absolute Gasteiger partial charge is 0.162 e. The number of hydrogen-bond donors (Lipinski definition) is 1. The zero-order chi connectivity index (χ0) is 11.8. The van der Waals surface area contributed by atoms with E-state index in [0.717, 1.165) is 9.26 Å². The summed E-state index contributed by atoms with van der Waals surface area (Å²) >= 11 is 2.23. The van der Waals surface area contributed by atoms with Crippen LogP contribution in [0, 0.1) is 3.57 Å². The SMILES string of the molecule is Nc1nc(C2COCCO2)nc(C2CC2)c1I. The lowest BCUT2D eigenvalue weighted by molar-refractivity contribution is -0.0935. The molecular formula is C11H14IN3O2. The van der Waals surface area contributed by atoms with Gasteiger partial charge in [-0.05, 0) is 35.4 Å². The predicted octanol–water partition coefficient (Wildman–Crippen LogP) is 1.63. The third-order valence-electron chi connectivity index (χ3n) is 2.99. The van der Waals surface area contributed by atoms with Crippen LogP contribution in [-0.2, 0) is 9.47 Å². The molecule has 1 aliphatic carbocycles. The lowest BCUT2D eigenvalue weighted by atomic mass is 10.2. The highest BCUT2D eigenvalue weighted by Gasteiger charge is 2.30. The molecule has 0 radical (unpaired) electrons. The van der Waals surface area contributed by atoms with E-state index in [1.165, 1.54) is 12.8 Å². The van der Waals surface area contributed by atoms with Crippen molar-refractivity contribution in [2.24, 2.45) is 0 Å². The van der Waals surface area contributed by atoms with Gasteiger partial charge in [-0.2, -0.15) is 0 Å². The predicted molar refractivity (Wildman–Crippen MR) is 70.6 cm³/mol. The molecule has 1 aromatic rings. The molecule has 2 N–H and O–H groups in total. The van der Waals surface area contributed by atoms with Crippen LogP contribution in [0.1, 0.15) is 36.4 Å². The largest absolute Gasteiger partial charge is 0.383 e. The molecule has 92 valence electrons. The Morgan fingerprint density at radius 1 is 1.24 bits per heavy atom. The molecule has 2 fully saturated rings. The minimum atomic E-state index is -0.166. The van der Waals surface area contributed by atoms with E-state index in [-0.39, 0.29) is 6.10 Å². The highest BCUT2D eigenvalue weighted by atomic mass is 127. The molecule has 3 rings (SSSR count). The van der Waals surface area contributed by atoms with Crippen LogP contribution in [-0.4, -0.2) is 29.8 Å². The summed E-state index contributed by atoms with van der Waals surface area (Å²) in [5.41, 5.74) is 7.02. The van der Waals surface area contributed by atoms with Crippen molar-refractivity contribution >= 4 is 28.4 Å². The van der Waals surface area contributed by atoms with Gasteiger partial charge in [0.25, 0.3) is 0 Å². The molecule has 0 spiro atoms. The first kappa shape index (κ1) is 11.6. The summed E-state index contributed by atoms with van der Waals surface area (Å²) in [6.07, 6.45) is 2.24. The molecule has 1 aliphatic heterocycles. The Bertz CT molecular complexity index is 431. The maximum atomic E-state index is 5.94. The minimum Gasteiger partial charge on any atom is -0.383 e. The van der Waals surface area contributed by atoms with Crippen LogP contribution < -0.4 is 5.73 Å². The first-order valence-electron chi connectivity index (χ1n) is 5.78. The maximum absolute atomic E-state index is 5.94. The van der Waals surface area contributed by atoms with Gasteiger partial charge in [-0.15, -0.1) is 0 Å². The van der Waals surface area contributed by atoms with E-state index < -0.39 is 0 Å². The van der Waals surface area contributed by atoms with Crippen LogP contribution >= 0.6 is 22.6 Å². The van der Waals surface area contributed by atoms with Crippen LogP contribution in [0.15, 0.2) is 0 Å². The second-order valence-electron chi connectivity index (χ2n) is 4.37. The summed E-state index contributed by atoms with van der Waals surface area (Å²) in [7, 11) is 0. The van der Waals surface area contributed by atoms with Gasteiger partial charge in [0.05, 0.1) is 29.1 Å². The van der Waals surface area contributed by atoms with Crippen LogP contribution in [0.4, 0.5) is 5.82 Å². The normalized spacial score (nSPS) is 24.9. The summed E-state index contributed by atoms with van der Waals surface area (Å²) < 4.78 is 12.0. The number of nitrogens with zero attached hydrogens (tertiary/aromatic N) is 2. The molecule has 6 heteroatoms. The first-order chi connectivity index (χ1) is 8.25. The summed E-state index contributed by atoms with van der Waals surface area (Å²) in [5.74, 6) is 1.80. The Kier molecular flexibility index (Phi) is 3.18. The molecular weight excluding hydrogens is 333 g/mol. The molecule has 2 aliphatic rings. The van der Waals surface area contributed by atoms with Crippen molar-refractivity contribution in [2.75, 3.05) is 25.6 Å². The van der Waals surface area contributed by atoms with E-state index in [9.17, 15) is 0 Å². The lowest BCUT2D eigenvalue weighted by Crippen LogP contribution is -2.24. The van der Waals surface area contributed by atoms with Crippen molar-refractivity contribution in [1.82, 2.24) is 9.97 Å². The highest BCUT2D eigenvalue weighted by molar-refractivity contribution is 14.1. The Morgan fingerprint density at radius 2 is 2.06 bits per heavy atom. The van der Waals surface area contributed by atoms with Crippen LogP contribution in [0.5, 0.6) is 0 Å². The van der Waals surface area contributed by atoms with E-state index in [4.69, 9.17) is 15.2 Å². The molecule has 5 nitrogen and oxygen atoms in total. The van der Waals surface area contributed by atoms with Crippen molar-refractivity contribution in [1.29, 1.82) is 0 Å². The topological polar surface area (TPSA) is 70.3 Å². The molecule has 1 atom stereocenters. The zero-order valence-electron chi connectivity index (χ0n) is 9.36. The number of ether oxygens (including phenoxy) is 2. The average molecular weight is 347 g/mol. The molecule has 1 unspecified atom stereocenters. The standard InChI is InChI=1S/C11H14IN3O2/c12-8-9(6-1-2-6)14-11(15-10(8)13)7-5-16-3-4-17-7/h6-7H,1-5H2,(H2,13,14,15). The van der Waals surface area contributed by atoms with E-state index in [2.05, 4.69) is 32.6 Å². The summed E-state index contributed by atoms with van der Waals surface area (Å²) in [6.45, 7) is 1.76. The van der Waals surface area contributed by atoms with Crippen LogP contribution in [0.2, 0.25) is 0 Å². The molecule has 1 saturated carbocycles. The second kappa shape index (κ2) is 4.66. The van der Waals surface area contributed by atoms with Crippen LogP contribution in [0.3, 0.4) is 0 Å². The van der Waals surface area contributed by atoms with Gasteiger partial charge in [-0.25, -0.2) is 9.97 Å². The Morgan fingerprint density at radius 3 is 2.71 bits per heavy atom. The Labute approximate surface area is 113 Å². The number of rotatable bonds is 2. The fourth-order valence-corrected chi connectivity index (χ4v) is 2.59. The van der Waals surface area contributed by atoms with Crippen molar-refractivity contribution in [3.8, 4) is 0 Å². The summed E-state index contributed by atoms with van der Waals surface area (Å²) in [5, 5.41) is 0. The van der Waals surface area contributed by atoms with Crippen LogP contribution in [0.25, 0.3) is 0 Å². The van der Waals surface area contributed by atoms with Crippen molar-refractivity contribution in [3.63, 3.8) is 0 Å². The Balaban J connectivity index is 1.93. The third kappa shape index (κ3) is 2.38. The van der Waals surface area contributed by atoms with E-state index in [0.29, 0.717) is 37.4 Å². The summed E-state index contributed by atoms with van der Waals surface area (Å²) in [4.78, 5) is 8.94. The van der Waals surface area contributed by atoms with Gasteiger partial charge in [0.1, 0.15) is 11.9 Å². The molecule has 0 bridgehead atoms. The summed E-state index contributed by atoms with van der Waals surface area (Å²) in [6, 6.07) is 0. The number of nitrogens with two attached hydrogens (primary N) is 1. The third-order valence-corrected chi connectivity index (χ3v) is 4.09. The van der Waals surface area contributed by atoms with E-state index in [1.54, 1.807) is 0 Å². The zero-order valence-corrected chi connectivity index (χ0v) is 11.5. The van der Waals surface area contributed by atoms with E-state index >= 15 is 0 Å². The van der Waals surface area contributed by atoms with Gasteiger partial charge >= 0.3 is 0 Å². The maximum Gasteiger partial charge on any atom is 0.162 e. The minimum absolute atomic E-state index is 0.166. The van der Waals surface area contributed by atoms with Gasteiger partial charge in [0, 0.05) is 5.92 Å².